The van der Waals surface area contributed by atoms with Crippen molar-refractivity contribution in [2.45, 2.75) is 207 Å². The summed E-state index contributed by atoms with van der Waals surface area (Å²) < 4.78 is 34.3. The van der Waals surface area contributed by atoms with Crippen LogP contribution in [0.15, 0.2) is 0 Å². The van der Waals surface area contributed by atoms with Gasteiger partial charge in [0.15, 0.2) is 6.10 Å². The van der Waals surface area contributed by atoms with E-state index in [4.69, 9.17) is 18.5 Å². The molecule has 0 fully saturated rings. The Balaban J connectivity index is 4.35. The molecule has 0 aromatic rings. The summed E-state index contributed by atoms with van der Waals surface area (Å²) in [4.78, 5) is 35.3. The van der Waals surface area contributed by atoms with Gasteiger partial charge in [-0.3, -0.25) is 18.6 Å². The summed E-state index contributed by atoms with van der Waals surface area (Å²) in [5.74, 6) is -0.789. The molecule has 0 saturated heterocycles. The van der Waals surface area contributed by atoms with Crippen LogP contribution in [0.5, 0.6) is 0 Å². The largest absolute Gasteiger partial charge is 0.472 e. The third-order valence-electron chi connectivity index (χ3n) is 9.46. The van der Waals surface area contributed by atoms with Crippen LogP contribution >= 0.6 is 7.82 Å². The van der Waals surface area contributed by atoms with Crippen LogP contribution in [0.3, 0.4) is 0 Å². The maximum atomic E-state index is 12.7. The average molecular weight is 763 g/mol. The Morgan fingerprint density at radius 3 is 1.42 bits per heavy atom. The molecule has 0 heterocycles. The number of likely N-dealkylation sites (N-methyl/N-ethyl adjacent to an activating group) is 1. The topological polar surface area (TPSA) is 108 Å². The number of carbonyl (C=O) groups excluding carboxylic acids is 2. The second-order valence-corrected chi connectivity index (χ2v) is 18.8. The fourth-order valence-corrected chi connectivity index (χ4v) is 6.81. The quantitative estimate of drug-likeness (QED) is 0.0288. The predicted octanol–water partition coefficient (Wildman–Crippen LogP) is 11.9. The zero-order valence-electron chi connectivity index (χ0n) is 35.2. The molecule has 0 bridgehead atoms. The molecule has 310 valence electrons. The van der Waals surface area contributed by atoms with Gasteiger partial charge in [-0.1, -0.05) is 169 Å². The molecule has 0 aliphatic heterocycles. The van der Waals surface area contributed by atoms with Crippen LogP contribution < -0.4 is 0 Å². The number of rotatable bonds is 37. The number of esters is 2. The second kappa shape index (κ2) is 32.3. The van der Waals surface area contributed by atoms with Crippen molar-refractivity contribution < 1.29 is 42.1 Å². The van der Waals surface area contributed by atoms with Crippen molar-refractivity contribution in [1.82, 2.24) is 0 Å². The number of phosphoric ester groups is 1. The molecule has 1 N–H and O–H groups in total. The van der Waals surface area contributed by atoms with Gasteiger partial charge >= 0.3 is 19.8 Å². The summed E-state index contributed by atoms with van der Waals surface area (Å²) in [6.07, 6.45) is 29.9. The minimum atomic E-state index is -4.36. The van der Waals surface area contributed by atoms with E-state index in [1.165, 1.54) is 122 Å². The van der Waals surface area contributed by atoms with E-state index in [1.807, 2.05) is 21.1 Å². The highest BCUT2D eigenvalue weighted by Crippen LogP contribution is 2.43. The van der Waals surface area contributed by atoms with E-state index in [-0.39, 0.29) is 25.6 Å². The summed E-state index contributed by atoms with van der Waals surface area (Å²) in [5.41, 5.74) is 0.447. The van der Waals surface area contributed by atoms with Gasteiger partial charge in [0.2, 0.25) is 0 Å². The lowest BCUT2D eigenvalue weighted by molar-refractivity contribution is -0.870. The number of carbonyl (C=O) groups is 2. The number of unbranched alkanes of at least 4 members (excludes halogenated alkanes) is 22. The predicted molar refractivity (Wildman–Crippen MR) is 215 cm³/mol. The first-order valence-electron chi connectivity index (χ1n) is 21.4. The van der Waals surface area contributed by atoms with Crippen molar-refractivity contribution in [2.24, 2.45) is 5.41 Å². The summed E-state index contributed by atoms with van der Waals surface area (Å²) in [6.45, 7) is 9.12. The molecular weight excluding hydrogens is 677 g/mol. The van der Waals surface area contributed by atoms with Crippen molar-refractivity contribution in [2.75, 3.05) is 47.5 Å². The molecule has 0 saturated carbocycles. The van der Waals surface area contributed by atoms with E-state index in [9.17, 15) is 19.0 Å². The maximum absolute atomic E-state index is 12.7. The van der Waals surface area contributed by atoms with E-state index in [1.54, 1.807) is 0 Å². The molecule has 0 aromatic heterocycles. The van der Waals surface area contributed by atoms with E-state index in [0.717, 1.165) is 32.1 Å². The highest BCUT2D eigenvalue weighted by molar-refractivity contribution is 7.47. The molecular formula is C42H85NO8P+. The Hall–Kier alpha value is -0.990. The molecule has 0 aliphatic carbocycles. The monoisotopic (exact) mass is 763 g/mol. The van der Waals surface area contributed by atoms with Crippen LogP contribution in [-0.2, 0) is 32.7 Å². The van der Waals surface area contributed by atoms with Crippen molar-refractivity contribution in [1.29, 1.82) is 0 Å². The number of hydrogen-bond acceptors (Lipinski definition) is 7. The SMILES string of the molecule is CCCCCCCCCCCCCCCC(=O)O[C@H](COC(=O)CCCCCCCCCCCCCC(C)(C)C)COP(=O)(O)OCC[N+](C)(C)C. The summed E-state index contributed by atoms with van der Waals surface area (Å²) in [5, 5.41) is 0. The second-order valence-electron chi connectivity index (χ2n) is 17.3. The lowest BCUT2D eigenvalue weighted by Crippen LogP contribution is -2.37. The Bertz CT molecular complexity index is 901. The zero-order valence-corrected chi connectivity index (χ0v) is 36.1. The number of phosphoric acid groups is 1. The van der Waals surface area contributed by atoms with Gasteiger partial charge in [-0.2, -0.15) is 0 Å². The fraction of sp³-hybridized carbons (Fsp3) is 0.952. The summed E-state index contributed by atoms with van der Waals surface area (Å²) >= 11 is 0. The lowest BCUT2D eigenvalue weighted by Gasteiger charge is -2.24. The third-order valence-corrected chi connectivity index (χ3v) is 10.4. The molecule has 0 aliphatic rings. The first-order chi connectivity index (χ1) is 24.6. The highest BCUT2D eigenvalue weighted by atomic mass is 31.2. The Kier molecular flexibility index (Phi) is 31.7. The van der Waals surface area contributed by atoms with Gasteiger partial charge in [-0.15, -0.1) is 0 Å². The fourth-order valence-electron chi connectivity index (χ4n) is 6.07. The van der Waals surface area contributed by atoms with Crippen molar-refractivity contribution in [3.05, 3.63) is 0 Å². The lowest BCUT2D eigenvalue weighted by atomic mass is 9.89. The van der Waals surface area contributed by atoms with Crippen LogP contribution in [0.1, 0.15) is 201 Å². The minimum absolute atomic E-state index is 0.0353. The summed E-state index contributed by atoms with van der Waals surface area (Å²) in [6, 6.07) is 0. The smallest absolute Gasteiger partial charge is 0.462 e. The van der Waals surface area contributed by atoms with Crippen molar-refractivity contribution in [3.8, 4) is 0 Å². The molecule has 0 aromatic carbocycles. The molecule has 52 heavy (non-hydrogen) atoms. The number of quaternary nitrogens is 1. The molecule has 0 amide bonds. The van der Waals surface area contributed by atoms with E-state index in [2.05, 4.69) is 27.7 Å². The van der Waals surface area contributed by atoms with Crippen molar-refractivity contribution >= 4 is 19.8 Å². The molecule has 1 unspecified atom stereocenters. The summed E-state index contributed by atoms with van der Waals surface area (Å²) in [7, 11) is 1.49. The van der Waals surface area contributed by atoms with E-state index < -0.39 is 26.5 Å². The Morgan fingerprint density at radius 1 is 0.596 bits per heavy atom. The van der Waals surface area contributed by atoms with E-state index in [0.29, 0.717) is 29.3 Å². The van der Waals surface area contributed by atoms with Crippen molar-refractivity contribution in [3.63, 3.8) is 0 Å². The van der Waals surface area contributed by atoms with Gasteiger partial charge in [0, 0.05) is 12.8 Å². The molecule has 0 rings (SSSR count). The number of ether oxygens (including phenoxy) is 2. The first-order valence-corrected chi connectivity index (χ1v) is 22.9. The normalized spacial score (nSPS) is 13.9. The van der Waals surface area contributed by atoms with Gasteiger partial charge in [0.1, 0.15) is 19.8 Å². The molecule has 0 spiro atoms. The van der Waals surface area contributed by atoms with Crippen LogP contribution in [-0.4, -0.2) is 74.9 Å². The first kappa shape index (κ1) is 51.0. The Labute approximate surface area is 321 Å². The van der Waals surface area contributed by atoms with Crippen LogP contribution in [0.25, 0.3) is 0 Å². The number of hydrogen-bond donors (Lipinski definition) is 1. The van der Waals surface area contributed by atoms with Gasteiger partial charge in [0.25, 0.3) is 0 Å². The maximum Gasteiger partial charge on any atom is 0.472 e. The molecule has 0 radical (unpaired) electrons. The molecule has 9 nitrogen and oxygen atoms in total. The average Bonchev–Trinajstić information content (AvgIpc) is 3.05. The third kappa shape index (κ3) is 38.7. The molecule has 10 heteroatoms. The van der Waals surface area contributed by atoms with E-state index >= 15 is 0 Å². The highest BCUT2D eigenvalue weighted by Gasteiger charge is 2.27. The van der Waals surface area contributed by atoms with Crippen LogP contribution in [0.2, 0.25) is 0 Å². The molecule has 2 atom stereocenters. The van der Waals surface area contributed by atoms with Crippen LogP contribution in [0, 0.1) is 5.41 Å². The minimum Gasteiger partial charge on any atom is -0.462 e. The standard InChI is InChI=1S/C42H84NO8P/c1-8-9-10-11-12-13-14-15-17-21-24-27-30-33-41(45)51-39(38-50-52(46,47)49-36-35-43(5,6)7)37-48-40(44)32-29-26-23-20-18-16-19-22-25-28-31-34-42(2,3)4/h39H,8-38H2,1-7H3/p+1/t39-/m1/s1. The Morgan fingerprint density at radius 2 is 1.00 bits per heavy atom. The zero-order chi connectivity index (χ0) is 39.0. The number of nitrogens with zero attached hydrogens (tertiary/aromatic N) is 1. The van der Waals surface area contributed by atoms with Gasteiger partial charge in [-0.05, 0) is 24.7 Å². The van der Waals surface area contributed by atoms with Crippen LogP contribution in [0.4, 0.5) is 0 Å². The van der Waals surface area contributed by atoms with Gasteiger partial charge in [-0.25, -0.2) is 4.57 Å². The van der Waals surface area contributed by atoms with Gasteiger partial charge in [0.05, 0.1) is 27.7 Å². The van der Waals surface area contributed by atoms with Gasteiger partial charge < -0.3 is 18.9 Å².